The van der Waals surface area contributed by atoms with Gasteiger partial charge in [0.25, 0.3) is 0 Å². The topological polar surface area (TPSA) is 53.8 Å². The maximum Gasteiger partial charge on any atom is 0.225 e. The lowest BCUT2D eigenvalue weighted by atomic mass is 10.2. The summed E-state index contributed by atoms with van der Waals surface area (Å²) in [5, 5.41) is 2.86. The highest BCUT2D eigenvalue weighted by molar-refractivity contribution is 6.12. The van der Waals surface area contributed by atoms with E-state index >= 15 is 0 Å². The number of carbonyl (C=O) groups excluding carboxylic acids is 1. The maximum absolute atomic E-state index is 11.6. The van der Waals surface area contributed by atoms with Gasteiger partial charge in [0.05, 0.1) is 0 Å². The van der Waals surface area contributed by atoms with Crippen LogP contribution in [0.2, 0.25) is 0 Å². The van der Waals surface area contributed by atoms with Crippen LogP contribution in [-0.2, 0) is 4.79 Å². The zero-order chi connectivity index (χ0) is 12.7. The predicted octanol–water partition coefficient (Wildman–Crippen LogP) is 2.46. The van der Waals surface area contributed by atoms with Gasteiger partial charge in [-0.05, 0) is 32.3 Å². The van der Waals surface area contributed by atoms with Crippen molar-refractivity contribution in [1.29, 1.82) is 0 Å². The number of nitrogens with one attached hydrogen (secondary N) is 1. The Kier molecular flexibility index (Phi) is 5.60. The normalized spacial score (nSPS) is 17.0. The fourth-order valence-corrected chi connectivity index (χ4v) is 1.52. The van der Waals surface area contributed by atoms with Gasteiger partial charge in [0.1, 0.15) is 11.7 Å². The van der Waals surface area contributed by atoms with Gasteiger partial charge in [0, 0.05) is 19.4 Å². The minimum Gasteiger partial charge on any atom is -0.310 e. The average Bonchev–Trinajstić information content (AvgIpc) is 2.80. The van der Waals surface area contributed by atoms with Crippen molar-refractivity contribution in [2.45, 2.75) is 46.5 Å². The van der Waals surface area contributed by atoms with E-state index in [4.69, 9.17) is 0 Å². The van der Waals surface area contributed by atoms with Crippen LogP contribution in [0.5, 0.6) is 0 Å². The molecule has 0 saturated carbocycles. The lowest BCUT2D eigenvalue weighted by Gasteiger charge is -2.08. The molecule has 17 heavy (non-hydrogen) atoms. The van der Waals surface area contributed by atoms with Crippen molar-refractivity contribution in [1.82, 2.24) is 5.32 Å². The summed E-state index contributed by atoms with van der Waals surface area (Å²) >= 11 is 0. The molecule has 4 nitrogen and oxygen atoms in total. The van der Waals surface area contributed by atoms with Crippen molar-refractivity contribution in [3.63, 3.8) is 0 Å². The molecule has 0 fully saturated rings. The second-order valence-electron chi connectivity index (χ2n) is 4.13. The van der Waals surface area contributed by atoms with Gasteiger partial charge >= 0.3 is 0 Å². The van der Waals surface area contributed by atoms with Crippen LogP contribution in [-0.4, -0.2) is 24.1 Å². The van der Waals surface area contributed by atoms with Gasteiger partial charge in [0.15, 0.2) is 0 Å². The molecule has 0 bridgehead atoms. The Balaban J connectivity index is 2.77. The van der Waals surface area contributed by atoms with Crippen LogP contribution < -0.4 is 5.32 Å². The summed E-state index contributed by atoms with van der Waals surface area (Å²) in [5.74, 6) is 1.51. The van der Waals surface area contributed by atoms with Gasteiger partial charge in [-0.25, -0.2) is 4.99 Å². The summed E-state index contributed by atoms with van der Waals surface area (Å²) in [5.41, 5.74) is 0.976. The van der Waals surface area contributed by atoms with E-state index in [1.54, 1.807) is 0 Å². The maximum atomic E-state index is 11.6. The number of carbonyl (C=O) groups is 1. The fourth-order valence-electron chi connectivity index (χ4n) is 1.52. The third kappa shape index (κ3) is 4.51. The van der Waals surface area contributed by atoms with Crippen LogP contribution in [0.4, 0.5) is 0 Å². The highest BCUT2D eigenvalue weighted by Gasteiger charge is 2.10. The molecule has 0 radical (unpaired) electrons. The van der Waals surface area contributed by atoms with Gasteiger partial charge in [-0.1, -0.05) is 13.0 Å². The van der Waals surface area contributed by atoms with Crippen LogP contribution in [0.15, 0.2) is 21.6 Å². The quantitative estimate of drug-likeness (QED) is 0.593. The monoisotopic (exact) mass is 235 g/mol. The Morgan fingerprint density at radius 3 is 2.88 bits per heavy atom. The lowest BCUT2D eigenvalue weighted by Crippen LogP contribution is -2.31. The number of hydrogen-bond donors (Lipinski definition) is 1. The van der Waals surface area contributed by atoms with Gasteiger partial charge in [-0.2, -0.15) is 0 Å². The van der Waals surface area contributed by atoms with E-state index in [0.29, 0.717) is 12.3 Å². The number of amides is 1. The first-order valence-electron chi connectivity index (χ1n) is 6.22. The number of allylic oxidation sites excluding steroid dienone is 1. The molecular formula is C13H21N3O. The standard InChI is InChI=1S/C13H21N3O/c1-4-7-12(17)16-13(10(3)5-2)15-11-8-6-9-14-11/h5H,4,6-9H2,1-3H3,(H,14,15,16,17)/b10-5-. The SMILES string of the molecule is C/C=C(/C)C(=NC1=NCCC1)NC(=O)CCC. The van der Waals surface area contributed by atoms with Crippen LogP contribution in [0.25, 0.3) is 0 Å². The molecule has 0 aromatic rings. The highest BCUT2D eigenvalue weighted by atomic mass is 16.1. The average molecular weight is 235 g/mol. The first kappa shape index (κ1) is 13.6. The van der Waals surface area contributed by atoms with E-state index < -0.39 is 0 Å². The van der Waals surface area contributed by atoms with E-state index in [1.165, 1.54) is 0 Å². The summed E-state index contributed by atoms with van der Waals surface area (Å²) in [6, 6.07) is 0. The van der Waals surface area contributed by atoms with Crippen molar-refractivity contribution in [3.8, 4) is 0 Å². The molecule has 0 unspecified atom stereocenters. The summed E-state index contributed by atoms with van der Waals surface area (Å²) in [4.78, 5) is 20.3. The van der Waals surface area contributed by atoms with Crippen LogP contribution >= 0.6 is 0 Å². The molecule has 1 rings (SSSR count). The molecule has 0 aromatic carbocycles. The zero-order valence-corrected chi connectivity index (χ0v) is 10.9. The minimum atomic E-state index is 0.0195. The van der Waals surface area contributed by atoms with Gasteiger partial charge in [0.2, 0.25) is 5.91 Å². The van der Waals surface area contributed by atoms with Gasteiger partial charge in [-0.15, -0.1) is 0 Å². The van der Waals surface area contributed by atoms with E-state index in [-0.39, 0.29) is 5.91 Å². The molecule has 1 aliphatic heterocycles. The first-order valence-corrected chi connectivity index (χ1v) is 6.22. The van der Waals surface area contributed by atoms with Crippen LogP contribution in [0.1, 0.15) is 46.5 Å². The first-order chi connectivity index (χ1) is 8.17. The van der Waals surface area contributed by atoms with Crippen molar-refractivity contribution >= 4 is 17.6 Å². The number of rotatable bonds is 3. The third-order valence-electron chi connectivity index (χ3n) is 2.64. The Morgan fingerprint density at radius 1 is 1.59 bits per heavy atom. The van der Waals surface area contributed by atoms with E-state index in [9.17, 15) is 4.79 Å². The smallest absolute Gasteiger partial charge is 0.225 e. The molecule has 94 valence electrons. The summed E-state index contributed by atoms with van der Waals surface area (Å²) in [6.07, 6.45) is 5.28. The number of amidine groups is 2. The van der Waals surface area contributed by atoms with Crippen molar-refractivity contribution in [3.05, 3.63) is 11.6 Å². The molecular weight excluding hydrogens is 214 g/mol. The fraction of sp³-hybridized carbons (Fsp3) is 0.615. The summed E-state index contributed by atoms with van der Waals surface area (Å²) in [7, 11) is 0. The van der Waals surface area contributed by atoms with Crippen LogP contribution in [0.3, 0.4) is 0 Å². The number of aliphatic imine (C=N–C) groups is 2. The Labute approximate surface area is 103 Å². The molecule has 0 aromatic heterocycles. The molecule has 1 aliphatic rings. The van der Waals surface area contributed by atoms with Crippen molar-refractivity contribution in [2.24, 2.45) is 9.98 Å². The Bertz CT molecular complexity index is 367. The second kappa shape index (κ2) is 6.99. The molecule has 0 spiro atoms. The third-order valence-corrected chi connectivity index (χ3v) is 2.64. The van der Waals surface area contributed by atoms with Crippen molar-refractivity contribution in [2.75, 3.05) is 6.54 Å². The molecule has 4 heteroatoms. The predicted molar refractivity (Wildman–Crippen MR) is 71.5 cm³/mol. The molecule has 0 aliphatic carbocycles. The largest absolute Gasteiger partial charge is 0.310 e. The zero-order valence-electron chi connectivity index (χ0n) is 10.9. The Morgan fingerprint density at radius 2 is 2.35 bits per heavy atom. The number of hydrogen-bond acceptors (Lipinski definition) is 3. The molecule has 0 atom stereocenters. The lowest BCUT2D eigenvalue weighted by molar-refractivity contribution is -0.119. The van der Waals surface area contributed by atoms with Crippen LogP contribution in [0, 0.1) is 0 Å². The summed E-state index contributed by atoms with van der Waals surface area (Å²) < 4.78 is 0. The molecule has 1 heterocycles. The summed E-state index contributed by atoms with van der Waals surface area (Å²) in [6.45, 7) is 6.72. The molecule has 0 saturated heterocycles. The van der Waals surface area contributed by atoms with E-state index in [0.717, 1.165) is 37.2 Å². The van der Waals surface area contributed by atoms with E-state index in [2.05, 4.69) is 15.3 Å². The van der Waals surface area contributed by atoms with E-state index in [1.807, 2.05) is 26.8 Å². The number of nitrogens with zero attached hydrogens (tertiary/aromatic N) is 2. The Hall–Kier alpha value is -1.45. The van der Waals surface area contributed by atoms with Gasteiger partial charge < -0.3 is 5.32 Å². The highest BCUT2D eigenvalue weighted by Crippen LogP contribution is 2.07. The minimum absolute atomic E-state index is 0.0195. The molecule has 1 N–H and O–H groups in total. The second-order valence-corrected chi connectivity index (χ2v) is 4.13. The molecule has 1 amide bonds. The van der Waals surface area contributed by atoms with Gasteiger partial charge in [-0.3, -0.25) is 9.79 Å². The van der Waals surface area contributed by atoms with Crippen molar-refractivity contribution < 1.29 is 4.79 Å².